The predicted molar refractivity (Wildman–Crippen MR) is 47.0 cm³/mol. The molecule has 1 N–H and O–H groups in total. The number of hydrogen-bond acceptors (Lipinski definition) is 1. The molecule has 0 aliphatic heterocycles. The Morgan fingerprint density at radius 2 is 2.18 bits per heavy atom. The highest BCUT2D eigenvalue weighted by Crippen LogP contribution is 2.22. The largest absolute Gasteiger partial charge is 0.343 e. The Kier molecular flexibility index (Phi) is 2.72. The van der Waals surface area contributed by atoms with E-state index in [0.717, 1.165) is 5.56 Å². The van der Waals surface area contributed by atoms with Crippen LogP contribution in [0.25, 0.3) is 0 Å². The molecule has 1 aromatic carbocycles. The molecule has 1 aromatic rings. The molecule has 1 unspecified atom stereocenters. The molecule has 4 heteroatoms. The van der Waals surface area contributed by atoms with Crippen molar-refractivity contribution in [3.63, 3.8) is 0 Å². The summed E-state index contributed by atoms with van der Waals surface area (Å²) in [6.45, 7) is 1.80. The van der Waals surface area contributed by atoms with Crippen LogP contribution in [0.2, 0.25) is 5.02 Å². The van der Waals surface area contributed by atoms with E-state index in [1.54, 1.807) is 25.1 Å². The van der Waals surface area contributed by atoms with Gasteiger partial charge in [0.15, 0.2) is 0 Å². The number of hydrogen-bond donors (Lipinski definition) is 1. The van der Waals surface area contributed by atoms with Crippen LogP contribution in [-0.4, -0.2) is 4.89 Å². The summed E-state index contributed by atoms with van der Waals surface area (Å²) in [7, 11) is -2.65. The maximum atomic E-state index is 10.7. The first-order valence-corrected chi connectivity index (χ1v) is 4.84. The Labute approximate surface area is 70.7 Å². The molecule has 0 aliphatic carbocycles. The lowest BCUT2D eigenvalue weighted by atomic mass is 10.2. The minimum absolute atomic E-state index is 0.344. The van der Waals surface area contributed by atoms with E-state index in [1.165, 1.54) is 0 Å². The van der Waals surface area contributed by atoms with Crippen molar-refractivity contribution in [1.82, 2.24) is 0 Å². The molecule has 0 aromatic heterocycles. The topological polar surface area (TPSA) is 37.3 Å². The van der Waals surface area contributed by atoms with Crippen molar-refractivity contribution in [2.75, 3.05) is 0 Å². The zero-order valence-corrected chi connectivity index (χ0v) is 7.72. The lowest BCUT2D eigenvalue weighted by Crippen LogP contribution is -1.98. The van der Waals surface area contributed by atoms with Gasteiger partial charge in [-0.05, 0) is 18.6 Å². The molecule has 0 aliphatic rings. The zero-order chi connectivity index (χ0) is 8.43. The molecule has 1 rings (SSSR count). The van der Waals surface area contributed by atoms with Crippen LogP contribution < -0.4 is 5.30 Å². The lowest BCUT2D eigenvalue weighted by molar-refractivity contribution is 0.513. The van der Waals surface area contributed by atoms with Crippen LogP contribution in [0, 0.1) is 6.92 Å². The van der Waals surface area contributed by atoms with E-state index >= 15 is 0 Å². The SMILES string of the molecule is Cc1cccc([PH](=O)O)c1Cl. The van der Waals surface area contributed by atoms with E-state index < -0.39 is 8.03 Å². The van der Waals surface area contributed by atoms with Crippen LogP contribution in [0.1, 0.15) is 5.56 Å². The Morgan fingerprint density at radius 3 is 2.64 bits per heavy atom. The Balaban J connectivity index is 3.27. The number of halogens is 1. The minimum Gasteiger partial charge on any atom is -0.343 e. The van der Waals surface area contributed by atoms with Crippen LogP contribution in [0.15, 0.2) is 18.2 Å². The highest BCUT2D eigenvalue weighted by Gasteiger charge is 2.05. The van der Waals surface area contributed by atoms with Crippen LogP contribution in [0.4, 0.5) is 0 Å². The lowest BCUT2D eigenvalue weighted by Gasteiger charge is -2.01. The van der Waals surface area contributed by atoms with Gasteiger partial charge < -0.3 is 4.89 Å². The van der Waals surface area contributed by atoms with Crippen molar-refractivity contribution < 1.29 is 9.46 Å². The van der Waals surface area contributed by atoms with Gasteiger partial charge in [-0.3, -0.25) is 4.57 Å². The predicted octanol–water partition coefficient (Wildman–Crippen LogP) is 1.74. The maximum Gasteiger partial charge on any atom is 0.219 e. The highest BCUT2D eigenvalue weighted by atomic mass is 35.5. The van der Waals surface area contributed by atoms with Crippen molar-refractivity contribution in [1.29, 1.82) is 0 Å². The fourth-order valence-corrected chi connectivity index (χ4v) is 1.80. The summed E-state index contributed by atoms with van der Waals surface area (Å²) >= 11 is 5.75. The van der Waals surface area contributed by atoms with Gasteiger partial charge in [-0.15, -0.1) is 0 Å². The first-order valence-electron chi connectivity index (χ1n) is 3.11. The van der Waals surface area contributed by atoms with Crippen molar-refractivity contribution >= 4 is 24.9 Å². The fourth-order valence-electron chi connectivity index (χ4n) is 0.813. The molecule has 11 heavy (non-hydrogen) atoms. The molecule has 1 atom stereocenters. The second-order valence-corrected chi connectivity index (χ2v) is 3.77. The van der Waals surface area contributed by atoms with Gasteiger partial charge in [-0.2, -0.15) is 0 Å². The molecule has 0 bridgehead atoms. The van der Waals surface area contributed by atoms with Gasteiger partial charge in [0.25, 0.3) is 0 Å². The summed E-state index contributed by atoms with van der Waals surface area (Å²) in [6.07, 6.45) is 0. The standard InChI is InChI=1S/C7H8ClO2P/c1-5-3-2-4-6(7(5)8)11(9)10/h2-4,11H,1H3,(H,9,10). The van der Waals surface area contributed by atoms with E-state index in [4.69, 9.17) is 16.5 Å². The molecule has 0 heterocycles. The average Bonchev–Trinajstić information content (AvgIpc) is 1.94. The highest BCUT2D eigenvalue weighted by molar-refractivity contribution is 7.47. The van der Waals surface area contributed by atoms with Crippen molar-refractivity contribution in [2.24, 2.45) is 0 Å². The van der Waals surface area contributed by atoms with Crippen LogP contribution in [0.3, 0.4) is 0 Å². The van der Waals surface area contributed by atoms with E-state index in [0.29, 0.717) is 10.3 Å². The second-order valence-electron chi connectivity index (χ2n) is 2.24. The van der Waals surface area contributed by atoms with Crippen molar-refractivity contribution in [3.8, 4) is 0 Å². The zero-order valence-electron chi connectivity index (χ0n) is 5.97. The van der Waals surface area contributed by atoms with Crippen LogP contribution >= 0.6 is 19.6 Å². The average molecular weight is 191 g/mol. The first kappa shape index (κ1) is 8.79. The summed E-state index contributed by atoms with van der Waals surface area (Å²) in [6, 6.07) is 5.09. The number of rotatable bonds is 1. The molecule has 0 amide bonds. The molecule has 0 radical (unpaired) electrons. The molecule has 0 spiro atoms. The van der Waals surface area contributed by atoms with Crippen molar-refractivity contribution in [3.05, 3.63) is 28.8 Å². The second kappa shape index (κ2) is 3.40. The Morgan fingerprint density at radius 1 is 1.55 bits per heavy atom. The third kappa shape index (κ3) is 1.84. The summed E-state index contributed by atoms with van der Waals surface area (Å²) in [4.78, 5) is 8.79. The van der Waals surface area contributed by atoms with E-state index in [2.05, 4.69) is 0 Å². The third-order valence-electron chi connectivity index (χ3n) is 1.42. The van der Waals surface area contributed by atoms with Gasteiger partial charge in [0.05, 0.1) is 10.3 Å². The van der Waals surface area contributed by atoms with Gasteiger partial charge in [0.1, 0.15) is 0 Å². The molecule has 60 valence electrons. The summed E-state index contributed by atoms with van der Waals surface area (Å²) in [5.74, 6) is 0. The summed E-state index contributed by atoms with van der Waals surface area (Å²) in [5, 5.41) is 0.746. The monoisotopic (exact) mass is 190 g/mol. The Bertz CT molecular complexity index is 298. The first-order chi connectivity index (χ1) is 5.13. The van der Waals surface area contributed by atoms with Gasteiger partial charge in [-0.1, -0.05) is 23.7 Å². The van der Waals surface area contributed by atoms with E-state index in [-0.39, 0.29) is 0 Å². The molecule has 0 saturated carbocycles. The van der Waals surface area contributed by atoms with Gasteiger partial charge in [-0.25, -0.2) is 0 Å². The molecule has 2 nitrogen and oxygen atoms in total. The summed E-state index contributed by atoms with van der Waals surface area (Å²) in [5.41, 5.74) is 0.830. The van der Waals surface area contributed by atoms with Gasteiger partial charge >= 0.3 is 0 Å². The number of aryl methyl sites for hydroxylation is 1. The molecule has 0 saturated heterocycles. The Hall–Kier alpha value is -0.300. The minimum atomic E-state index is -2.65. The van der Waals surface area contributed by atoms with Gasteiger partial charge in [0, 0.05) is 0 Å². The maximum absolute atomic E-state index is 10.7. The molecule has 0 fully saturated rings. The third-order valence-corrected chi connectivity index (χ3v) is 2.96. The smallest absolute Gasteiger partial charge is 0.219 e. The fraction of sp³-hybridized carbons (Fsp3) is 0.143. The van der Waals surface area contributed by atoms with Crippen LogP contribution in [0.5, 0.6) is 0 Å². The van der Waals surface area contributed by atoms with Crippen molar-refractivity contribution in [2.45, 2.75) is 6.92 Å². The number of benzene rings is 1. The van der Waals surface area contributed by atoms with Crippen LogP contribution in [-0.2, 0) is 4.57 Å². The summed E-state index contributed by atoms with van der Waals surface area (Å²) < 4.78 is 10.7. The van der Waals surface area contributed by atoms with Gasteiger partial charge in [0.2, 0.25) is 8.03 Å². The normalized spacial score (nSPS) is 13.0. The van der Waals surface area contributed by atoms with E-state index in [9.17, 15) is 4.57 Å². The quantitative estimate of drug-likeness (QED) is 0.685. The molecular formula is C7H8ClO2P. The molecular weight excluding hydrogens is 183 g/mol. The van der Waals surface area contributed by atoms with E-state index in [1.807, 2.05) is 0 Å².